The van der Waals surface area contributed by atoms with E-state index in [1.54, 1.807) is 0 Å². The largest absolute Gasteiger partial charge is 0.368 e. The SMILES string of the molecule is Cc1cc2c(cc1C)C(=O)C(CC1=C(Br)CN(Cc3ccccc3C)C=C1)C2. The Morgan fingerprint density at radius 1 is 1.07 bits per heavy atom. The third-order valence-corrected chi connectivity index (χ3v) is 6.86. The standard InChI is InChI=1S/C25H26BrNO/c1-16-6-4-5-7-20(16)14-27-9-8-19(24(26)15-27)12-22-13-21-10-17(2)18(3)11-23(21)25(22)28/h4-11,22H,12-15H2,1-3H3. The molecule has 4 rings (SSSR count). The van der Waals surface area contributed by atoms with Gasteiger partial charge in [0.25, 0.3) is 0 Å². The van der Waals surface area contributed by atoms with Gasteiger partial charge in [0.15, 0.2) is 5.78 Å². The summed E-state index contributed by atoms with van der Waals surface area (Å²) < 4.78 is 1.19. The molecule has 0 spiro atoms. The van der Waals surface area contributed by atoms with Gasteiger partial charge in [-0.05, 0) is 79.1 Å². The zero-order valence-electron chi connectivity index (χ0n) is 16.8. The highest BCUT2D eigenvalue weighted by Crippen LogP contribution is 2.35. The lowest BCUT2D eigenvalue weighted by molar-refractivity contribution is 0.0936. The van der Waals surface area contributed by atoms with Crippen molar-refractivity contribution in [3.8, 4) is 0 Å². The Hall–Kier alpha value is -2.13. The lowest BCUT2D eigenvalue weighted by Gasteiger charge is -2.26. The third-order valence-electron chi connectivity index (χ3n) is 6.10. The summed E-state index contributed by atoms with van der Waals surface area (Å²) in [6.07, 6.45) is 6.02. The Labute approximate surface area is 176 Å². The summed E-state index contributed by atoms with van der Waals surface area (Å²) in [5.41, 5.74) is 8.56. The normalized spacial score (nSPS) is 18.8. The quantitative estimate of drug-likeness (QED) is 0.583. The van der Waals surface area contributed by atoms with Crippen LogP contribution in [0.5, 0.6) is 0 Å². The summed E-state index contributed by atoms with van der Waals surface area (Å²) in [4.78, 5) is 15.2. The van der Waals surface area contributed by atoms with Gasteiger partial charge in [0.1, 0.15) is 0 Å². The molecule has 0 saturated heterocycles. The van der Waals surface area contributed by atoms with Crippen molar-refractivity contribution in [2.24, 2.45) is 5.92 Å². The lowest BCUT2D eigenvalue weighted by Crippen LogP contribution is -2.23. The summed E-state index contributed by atoms with van der Waals surface area (Å²) in [5, 5.41) is 0. The van der Waals surface area contributed by atoms with E-state index in [2.05, 4.69) is 90.3 Å². The maximum Gasteiger partial charge on any atom is 0.166 e. The van der Waals surface area contributed by atoms with Crippen LogP contribution in [0.4, 0.5) is 0 Å². The number of fused-ring (bicyclic) bond motifs is 1. The summed E-state index contributed by atoms with van der Waals surface area (Å²) >= 11 is 3.79. The molecule has 0 aromatic heterocycles. The fourth-order valence-electron chi connectivity index (χ4n) is 4.19. The molecule has 0 fully saturated rings. The summed E-state index contributed by atoms with van der Waals surface area (Å²) in [7, 11) is 0. The van der Waals surface area contributed by atoms with E-state index in [0.29, 0.717) is 5.78 Å². The van der Waals surface area contributed by atoms with Gasteiger partial charge >= 0.3 is 0 Å². The lowest BCUT2D eigenvalue weighted by atomic mass is 9.94. The highest BCUT2D eigenvalue weighted by atomic mass is 79.9. The molecule has 0 amide bonds. The first-order valence-electron chi connectivity index (χ1n) is 9.91. The van der Waals surface area contributed by atoms with E-state index in [0.717, 1.165) is 31.5 Å². The predicted octanol–water partition coefficient (Wildman–Crippen LogP) is 6.04. The number of hydrogen-bond donors (Lipinski definition) is 0. The second-order valence-electron chi connectivity index (χ2n) is 8.14. The van der Waals surface area contributed by atoms with Crippen molar-refractivity contribution in [3.63, 3.8) is 0 Å². The maximum absolute atomic E-state index is 12.9. The van der Waals surface area contributed by atoms with Crippen molar-refractivity contribution in [2.45, 2.75) is 40.2 Å². The Balaban J connectivity index is 1.44. The molecule has 1 aliphatic carbocycles. The number of hydrogen-bond acceptors (Lipinski definition) is 2. The summed E-state index contributed by atoms with van der Waals surface area (Å²) in [6, 6.07) is 12.8. The maximum atomic E-state index is 12.9. The minimum Gasteiger partial charge on any atom is -0.368 e. The van der Waals surface area contributed by atoms with Gasteiger partial charge in [-0.2, -0.15) is 0 Å². The zero-order chi connectivity index (χ0) is 19.8. The van der Waals surface area contributed by atoms with Crippen molar-refractivity contribution in [1.82, 2.24) is 4.90 Å². The second kappa shape index (κ2) is 7.71. The highest BCUT2D eigenvalue weighted by molar-refractivity contribution is 9.11. The Morgan fingerprint density at radius 3 is 2.57 bits per heavy atom. The van der Waals surface area contributed by atoms with Crippen LogP contribution in [-0.2, 0) is 13.0 Å². The number of aryl methyl sites for hydroxylation is 3. The van der Waals surface area contributed by atoms with Crippen molar-refractivity contribution in [2.75, 3.05) is 6.54 Å². The molecule has 1 atom stereocenters. The smallest absolute Gasteiger partial charge is 0.166 e. The van der Waals surface area contributed by atoms with Gasteiger partial charge in [-0.3, -0.25) is 4.79 Å². The van der Waals surface area contributed by atoms with Crippen LogP contribution in [0.1, 0.15) is 44.6 Å². The monoisotopic (exact) mass is 435 g/mol. The van der Waals surface area contributed by atoms with Gasteiger partial charge in [-0.1, -0.05) is 46.3 Å². The van der Waals surface area contributed by atoms with Crippen LogP contribution < -0.4 is 0 Å². The Bertz CT molecular complexity index is 1000. The van der Waals surface area contributed by atoms with E-state index in [1.165, 1.54) is 37.9 Å². The van der Waals surface area contributed by atoms with Crippen LogP contribution >= 0.6 is 15.9 Å². The van der Waals surface area contributed by atoms with E-state index < -0.39 is 0 Å². The first kappa shape index (κ1) is 19.2. The van der Waals surface area contributed by atoms with Crippen LogP contribution in [-0.4, -0.2) is 17.2 Å². The fraction of sp³-hybridized carbons (Fsp3) is 0.320. The molecule has 1 aliphatic heterocycles. The number of benzene rings is 2. The molecule has 3 heteroatoms. The molecule has 2 nitrogen and oxygen atoms in total. The molecule has 144 valence electrons. The first-order chi connectivity index (χ1) is 13.4. The van der Waals surface area contributed by atoms with E-state index >= 15 is 0 Å². The number of carbonyl (C=O) groups excluding carboxylic acids is 1. The molecular weight excluding hydrogens is 410 g/mol. The topological polar surface area (TPSA) is 20.3 Å². The minimum absolute atomic E-state index is 0.0614. The van der Waals surface area contributed by atoms with E-state index in [9.17, 15) is 4.79 Å². The molecule has 2 aliphatic rings. The van der Waals surface area contributed by atoms with Crippen LogP contribution in [0, 0.1) is 26.7 Å². The zero-order valence-corrected chi connectivity index (χ0v) is 18.3. The molecule has 0 saturated carbocycles. The molecule has 1 unspecified atom stereocenters. The van der Waals surface area contributed by atoms with Crippen molar-refractivity contribution in [1.29, 1.82) is 0 Å². The van der Waals surface area contributed by atoms with E-state index in [1.807, 2.05) is 0 Å². The van der Waals surface area contributed by atoms with Gasteiger partial charge in [0, 0.05) is 35.3 Å². The average Bonchev–Trinajstić information content (AvgIpc) is 2.95. The summed E-state index contributed by atoms with van der Waals surface area (Å²) in [6.45, 7) is 8.12. The second-order valence-corrected chi connectivity index (χ2v) is 9.10. The van der Waals surface area contributed by atoms with Crippen molar-refractivity contribution < 1.29 is 4.79 Å². The van der Waals surface area contributed by atoms with Crippen LogP contribution in [0.25, 0.3) is 0 Å². The Kier molecular flexibility index (Phi) is 5.29. The van der Waals surface area contributed by atoms with Gasteiger partial charge in [-0.25, -0.2) is 0 Å². The molecule has 0 radical (unpaired) electrons. The number of rotatable bonds is 4. The molecule has 0 N–H and O–H groups in total. The van der Waals surface area contributed by atoms with E-state index in [4.69, 9.17) is 0 Å². The third kappa shape index (κ3) is 3.73. The molecule has 0 bridgehead atoms. The molecule has 2 aromatic rings. The number of halogens is 1. The van der Waals surface area contributed by atoms with Gasteiger partial charge in [0.05, 0.1) is 0 Å². The minimum atomic E-state index is 0.0614. The van der Waals surface area contributed by atoms with Gasteiger partial charge in [-0.15, -0.1) is 0 Å². The molecule has 1 heterocycles. The van der Waals surface area contributed by atoms with Crippen molar-refractivity contribution >= 4 is 21.7 Å². The van der Waals surface area contributed by atoms with E-state index in [-0.39, 0.29) is 5.92 Å². The molecular formula is C25H26BrNO. The molecule has 2 aromatic carbocycles. The van der Waals surface area contributed by atoms with Crippen LogP contribution in [0.15, 0.2) is 58.7 Å². The van der Waals surface area contributed by atoms with Crippen molar-refractivity contribution in [3.05, 3.63) is 92.1 Å². The Morgan fingerprint density at radius 2 is 1.82 bits per heavy atom. The number of ketones is 1. The number of carbonyl (C=O) groups is 1. The van der Waals surface area contributed by atoms with Gasteiger partial charge < -0.3 is 4.90 Å². The number of nitrogens with zero attached hydrogens (tertiary/aromatic N) is 1. The van der Waals surface area contributed by atoms with Crippen LogP contribution in [0.2, 0.25) is 0 Å². The molecule has 28 heavy (non-hydrogen) atoms. The fourth-order valence-corrected chi connectivity index (χ4v) is 4.81. The number of allylic oxidation sites excluding steroid dienone is 2. The average molecular weight is 436 g/mol. The number of Topliss-reactive ketones (excluding diaryl/α,β-unsaturated/α-hetero) is 1. The van der Waals surface area contributed by atoms with Crippen LogP contribution in [0.3, 0.4) is 0 Å². The van der Waals surface area contributed by atoms with Gasteiger partial charge in [0.2, 0.25) is 0 Å². The highest BCUT2D eigenvalue weighted by Gasteiger charge is 2.32. The first-order valence-corrected chi connectivity index (χ1v) is 10.7. The summed E-state index contributed by atoms with van der Waals surface area (Å²) in [5.74, 6) is 0.368. The predicted molar refractivity (Wildman–Crippen MR) is 119 cm³/mol.